The van der Waals surface area contributed by atoms with Crippen molar-refractivity contribution in [2.24, 2.45) is 5.92 Å². The summed E-state index contributed by atoms with van der Waals surface area (Å²) < 4.78 is 19.5. The lowest BCUT2D eigenvalue weighted by atomic mass is 10.2. The number of halogens is 2. The highest BCUT2D eigenvalue weighted by Gasteiger charge is 2.31. The number of hydrogen-bond donors (Lipinski definition) is 1. The van der Waals surface area contributed by atoms with Gasteiger partial charge in [0.1, 0.15) is 5.82 Å². The van der Waals surface area contributed by atoms with E-state index in [4.69, 9.17) is 4.74 Å². The molecule has 16 heavy (non-hydrogen) atoms. The lowest BCUT2D eigenvalue weighted by Gasteiger charge is -2.19. The smallest absolute Gasteiger partial charge is 0.147 e. The molecule has 0 heterocycles. The van der Waals surface area contributed by atoms with E-state index in [1.807, 2.05) is 6.07 Å². The second kappa shape index (κ2) is 5.15. The summed E-state index contributed by atoms with van der Waals surface area (Å²) in [5, 5.41) is 3.23. The molecule has 1 aromatic carbocycles. The number of anilines is 1. The Bertz CT molecular complexity index is 348. The summed E-state index contributed by atoms with van der Waals surface area (Å²) in [7, 11) is 1.67. The minimum atomic E-state index is -0.226. The predicted molar refractivity (Wildman–Crippen MR) is 66.1 cm³/mol. The molecule has 1 aromatic rings. The Balaban J connectivity index is 2.11. The van der Waals surface area contributed by atoms with Crippen molar-refractivity contribution in [2.75, 3.05) is 19.0 Å². The summed E-state index contributed by atoms with van der Waals surface area (Å²) in [6.45, 7) is 0.617. The zero-order valence-electron chi connectivity index (χ0n) is 9.17. The molecule has 0 amide bonds. The van der Waals surface area contributed by atoms with Crippen molar-refractivity contribution in [1.29, 1.82) is 0 Å². The minimum Gasteiger partial charge on any atom is -0.383 e. The van der Waals surface area contributed by atoms with Crippen molar-refractivity contribution in [3.05, 3.63) is 28.5 Å². The van der Waals surface area contributed by atoms with Crippen molar-refractivity contribution in [3.8, 4) is 0 Å². The van der Waals surface area contributed by atoms with Crippen molar-refractivity contribution >= 4 is 21.6 Å². The van der Waals surface area contributed by atoms with Gasteiger partial charge in [-0.05, 0) is 46.8 Å². The molecular formula is C12H15BrFNO. The first-order chi connectivity index (χ1) is 7.72. The van der Waals surface area contributed by atoms with Gasteiger partial charge in [-0.3, -0.25) is 0 Å². The molecule has 2 nitrogen and oxygen atoms in total. The van der Waals surface area contributed by atoms with Gasteiger partial charge in [-0.25, -0.2) is 4.39 Å². The zero-order chi connectivity index (χ0) is 11.5. The number of benzene rings is 1. The third-order valence-corrected chi connectivity index (χ3v) is 3.49. The van der Waals surface area contributed by atoms with Crippen LogP contribution in [0, 0.1) is 11.7 Å². The topological polar surface area (TPSA) is 21.3 Å². The van der Waals surface area contributed by atoms with Gasteiger partial charge in [0.15, 0.2) is 0 Å². The van der Waals surface area contributed by atoms with Gasteiger partial charge in [0.25, 0.3) is 0 Å². The zero-order valence-corrected chi connectivity index (χ0v) is 10.8. The predicted octanol–water partition coefficient (Wildman–Crippen LogP) is 3.43. The van der Waals surface area contributed by atoms with Crippen molar-refractivity contribution in [3.63, 3.8) is 0 Å². The molecular weight excluding hydrogens is 273 g/mol. The van der Waals surface area contributed by atoms with E-state index in [2.05, 4.69) is 21.2 Å². The van der Waals surface area contributed by atoms with Crippen LogP contribution in [-0.2, 0) is 4.74 Å². The molecule has 1 atom stereocenters. The summed E-state index contributed by atoms with van der Waals surface area (Å²) >= 11 is 3.35. The van der Waals surface area contributed by atoms with E-state index < -0.39 is 0 Å². The summed E-state index contributed by atoms with van der Waals surface area (Å²) in [5.74, 6) is 0.391. The summed E-state index contributed by atoms with van der Waals surface area (Å²) in [4.78, 5) is 0. The van der Waals surface area contributed by atoms with Crippen LogP contribution in [0.1, 0.15) is 12.8 Å². The molecule has 1 unspecified atom stereocenters. The molecule has 1 aliphatic carbocycles. The molecule has 0 bridgehead atoms. The number of rotatable bonds is 5. The normalized spacial score (nSPS) is 17.2. The van der Waals surface area contributed by atoms with Gasteiger partial charge in [0.2, 0.25) is 0 Å². The minimum absolute atomic E-state index is 0.207. The van der Waals surface area contributed by atoms with Crippen molar-refractivity contribution < 1.29 is 9.13 Å². The molecule has 0 radical (unpaired) electrons. The third kappa shape index (κ3) is 2.74. The molecule has 88 valence electrons. The van der Waals surface area contributed by atoms with Crippen LogP contribution in [0.3, 0.4) is 0 Å². The standard InChI is InChI=1S/C12H15BrFNO/c1-16-7-11(8-5-6-8)15-12-9(13)3-2-4-10(12)14/h2-4,8,11,15H,5-7H2,1H3. The number of hydrogen-bond acceptors (Lipinski definition) is 2. The quantitative estimate of drug-likeness (QED) is 0.896. The average molecular weight is 288 g/mol. The van der Waals surface area contributed by atoms with E-state index in [0.29, 0.717) is 18.2 Å². The number of para-hydroxylation sites is 1. The summed E-state index contributed by atoms with van der Waals surface area (Å²) in [6.07, 6.45) is 2.40. The van der Waals surface area contributed by atoms with Crippen LogP contribution < -0.4 is 5.32 Å². The SMILES string of the molecule is COCC(Nc1c(F)cccc1Br)C1CC1. The van der Waals surface area contributed by atoms with Crippen LogP contribution in [-0.4, -0.2) is 19.8 Å². The van der Waals surface area contributed by atoms with E-state index in [0.717, 1.165) is 4.47 Å². The first-order valence-electron chi connectivity index (χ1n) is 5.42. The fraction of sp³-hybridized carbons (Fsp3) is 0.500. The molecule has 1 fully saturated rings. The highest BCUT2D eigenvalue weighted by Crippen LogP contribution is 2.36. The molecule has 1 saturated carbocycles. The largest absolute Gasteiger partial charge is 0.383 e. The molecule has 0 aliphatic heterocycles. The van der Waals surface area contributed by atoms with Crippen LogP contribution in [0.2, 0.25) is 0 Å². The maximum Gasteiger partial charge on any atom is 0.147 e. The maximum absolute atomic E-state index is 13.6. The molecule has 1 aliphatic rings. The first-order valence-corrected chi connectivity index (χ1v) is 6.21. The lowest BCUT2D eigenvalue weighted by molar-refractivity contribution is 0.179. The Morgan fingerprint density at radius 3 is 2.88 bits per heavy atom. The van der Waals surface area contributed by atoms with E-state index in [9.17, 15) is 4.39 Å². The van der Waals surface area contributed by atoms with Crippen LogP contribution in [0.15, 0.2) is 22.7 Å². The average Bonchev–Trinajstić information content (AvgIpc) is 3.06. The molecule has 1 N–H and O–H groups in total. The van der Waals surface area contributed by atoms with E-state index in [1.54, 1.807) is 13.2 Å². The van der Waals surface area contributed by atoms with Gasteiger partial charge in [0, 0.05) is 11.6 Å². The monoisotopic (exact) mass is 287 g/mol. The van der Waals surface area contributed by atoms with Crippen LogP contribution in [0.5, 0.6) is 0 Å². The van der Waals surface area contributed by atoms with Gasteiger partial charge in [0.05, 0.1) is 18.3 Å². The molecule has 0 aromatic heterocycles. The van der Waals surface area contributed by atoms with Gasteiger partial charge in [-0.1, -0.05) is 6.07 Å². The lowest BCUT2D eigenvalue weighted by Crippen LogP contribution is -2.27. The Labute approximate surface area is 103 Å². The molecule has 0 saturated heterocycles. The Morgan fingerprint density at radius 2 is 2.31 bits per heavy atom. The summed E-state index contributed by atoms with van der Waals surface area (Å²) in [6, 6.07) is 5.19. The van der Waals surface area contributed by atoms with E-state index in [1.165, 1.54) is 18.9 Å². The van der Waals surface area contributed by atoms with Gasteiger partial charge >= 0.3 is 0 Å². The first kappa shape index (κ1) is 11.9. The Kier molecular flexibility index (Phi) is 3.82. The van der Waals surface area contributed by atoms with Gasteiger partial charge in [-0.2, -0.15) is 0 Å². The maximum atomic E-state index is 13.6. The van der Waals surface area contributed by atoms with Gasteiger partial charge in [-0.15, -0.1) is 0 Å². The second-order valence-electron chi connectivity index (χ2n) is 4.14. The molecule has 0 spiro atoms. The Morgan fingerprint density at radius 1 is 1.56 bits per heavy atom. The van der Waals surface area contributed by atoms with Crippen LogP contribution in [0.25, 0.3) is 0 Å². The fourth-order valence-corrected chi connectivity index (χ4v) is 2.25. The van der Waals surface area contributed by atoms with Crippen LogP contribution in [0.4, 0.5) is 10.1 Å². The van der Waals surface area contributed by atoms with Crippen molar-refractivity contribution in [1.82, 2.24) is 0 Å². The third-order valence-electron chi connectivity index (χ3n) is 2.83. The van der Waals surface area contributed by atoms with E-state index in [-0.39, 0.29) is 11.9 Å². The number of ether oxygens (including phenoxy) is 1. The highest BCUT2D eigenvalue weighted by molar-refractivity contribution is 9.10. The number of methoxy groups -OCH3 is 1. The molecule has 4 heteroatoms. The van der Waals surface area contributed by atoms with Gasteiger partial charge < -0.3 is 10.1 Å². The highest BCUT2D eigenvalue weighted by atomic mass is 79.9. The van der Waals surface area contributed by atoms with Crippen LogP contribution >= 0.6 is 15.9 Å². The second-order valence-corrected chi connectivity index (χ2v) is 4.99. The summed E-state index contributed by atoms with van der Waals surface area (Å²) in [5.41, 5.74) is 0.538. The number of nitrogens with one attached hydrogen (secondary N) is 1. The van der Waals surface area contributed by atoms with Crippen molar-refractivity contribution in [2.45, 2.75) is 18.9 Å². The Hall–Kier alpha value is -0.610. The fourth-order valence-electron chi connectivity index (χ4n) is 1.79. The molecule has 2 rings (SSSR count). The van der Waals surface area contributed by atoms with E-state index >= 15 is 0 Å².